The monoisotopic (exact) mass is 410 g/mol. The molecule has 0 aliphatic carbocycles. The maximum absolute atomic E-state index is 6.39. The first-order valence-corrected chi connectivity index (χ1v) is 10.7. The minimum atomic E-state index is 0.502. The van der Waals surface area contributed by atoms with Gasteiger partial charge in [0.25, 0.3) is 0 Å². The van der Waals surface area contributed by atoms with E-state index in [0.29, 0.717) is 12.1 Å². The number of benzene rings is 2. The Labute approximate surface area is 176 Å². The molecule has 3 heterocycles. The molecular weight excluding hydrogens is 387 g/mol. The Morgan fingerprint density at radius 2 is 1.93 bits per heavy atom. The number of fused-ring (bicyclic) bond motifs is 6. The lowest BCUT2D eigenvalue weighted by atomic mass is 9.97. The minimum Gasteiger partial charge on any atom is -0.320 e. The number of aromatic nitrogens is 1. The molecule has 2 aliphatic heterocycles. The zero-order valence-electron chi connectivity index (χ0n) is 16.5. The van der Waals surface area contributed by atoms with Crippen molar-refractivity contribution in [1.82, 2.24) is 9.47 Å². The molecule has 1 aromatic heterocycles. The summed E-state index contributed by atoms with van der Waals surface area (Å²) in [5.74, 6) is 0. The predicted octanol–water partition coefficient (Wildman–Crippen LogP) is 6.97. The Bertz CT molecular complexity index is 1130. The standard InChI is InChI=1S/C24H24Cl2N2/c1-14-10-16(4-7-20(14)26)15(2)13-28-21-8-5-17(25)11-19(21)24-22-9-6-18(27(22)3)12-23(24)28/h4-5,7-8,10-11,13,18,22H,6,9,12H2,1-3H3/b15-13+. The molecule has 2 bridgehead atoms. The molecule has 1 fully saturated rings. The molecule has 0 amide bonds. The van der Waals surface area contributed by atoms with Gasteiger partial charge in [-0.25, -0.2) is 0 Å². The molecule has 2 nitrogen and oxygen atoms in total. The van der Waals surface area contributed by atoms with Gasteiger partial charge in [-0.2, -0.15) is 0 Å². The van der Waals surface area contributed by atoms with E-state index in [9.17, 15) is 0 Å². The summed E-state index contributed by atoms with van der Waals surface area (Å²) < 4.78 is 2.42. The molecule has 1 saturated heterocycles. The normalized spacial score (nSPS) is 22.1. The molecule has 0 saturated carbocycles. The molecule has 5 rings (SSSR count). The molecule has 0 N–H and O–H groups in total. The van der Waals surface area contributed by atoms with Crippen LogP contribution in [0, 0.1) is 6.92 Å². The Kier molecular flexibility index (Phi) is 4.35. The molecule has 2 atom stereocenters. The smallest absolute Gasteiger partial charge is 0.0529 e. The van der Waals surface area contributed by atoms with Gasteiger partial charge in [0, 0.05) is 45.8 Å². The first kappa shape index (κ1) is 18.3. The van der Waals surface area contributed by atoms with E-state index in [-0.39, 0.29) is 0 Å². The molecule has 0 radical (unpaired) electrons. The van der Waals surface area contributed by atoms with Gasteiger partial charge in [0.05, 0.1) is 5.52 Å². The van der Waals surface area contributed by atoms with Gasteiger partial charge < -0.3 is 4.57 Å². The lowest BCUT2D eigenvalue weighted by Gasteiger charge is -2.32. The second kappa shape index (κ2) is 6.66. The molecule has 2 aliphatic rings. The second-order valence-electron chi connectivity index (χ2n) is 8.28. The van der Waals surface area contributed by atoms with Crippen LogP contribution < -0.4 is 0 Å². The van der Waals surface area contributed by atoms with E-state index < -0.39 is 0 Å². The van der Waals surface area contributed by atoms with E-state index >= 15 is 0 Å². The van der Waals surface area contributed by atoms with E-state index in [2.05, 4.69) is 60.8 Å². The molecule has 0 spiro atoms. The highest BCUT2D eigenvalue weighted by atomic mass is 35.5. The van der Waals surface area contributed by atoms with E-state index in [0.717, 1.165) is 22.0 Å². The molecule has 144 valence electrons. The Morgan fingerprint density at radius 1 is 1.11 bits per heavy atom. The van der Waals surface area contributed by atoms with Crippen LogP contribution in [0.5, 0.6) is 0 Å². The molecule has 4 heteroatoms. The third-order valence-corrected chi connectivity index (χ3v) is 7.31. The fourth-order valence-corrected chi connectivity index (χ4v) is 5.37. The van der Waals surface area contributed by atoms with Crippen LogP contribution in [-0.4, -0.2) is 22.6 Å². The van der Waals surface area contributed by atoms with Gasteiger partial charge >= 0.3 is 0 Å². The van der Waals surface area contributed by atoms with Gasteiger partial charge in [0.15, 0.2) is 0 Å². The van der Waals surface area contributed by atoms with Crippen LogP contribution in [0.3, 0.4) is 0 Å². The molecule has 28 heavy (non-hydrogen) atoms. The third kappa shape index (κ3) is 2.74. The van der Waals surface area contributed by atoms with Gasteiger partial charge in [0.2, 0.25) is 0 Å². The molecule has 3 aromatic rings. The summed E-state index contributed by atoms with van der Waals surface area (Å²) in [6.07, 6.45) is 5.90. The number of aryl methyl sites for hydroxylation is 1. The van der Waals surface area contributed by atoms with Crippen molar-refractivity contribution in [3.05, 3.63) is 68.8 Å². The Morgan fingerprint density at radius 3 is 2.71 bits per heavy atom. The summed E-state index contributed by atoms with van der Waals surface area (Å²) in [5.41, 5.74) is 7.74. The number of nitrogens with zero attached hydrogens (tertiary/aromatic N) is 2. The summed E-state index contributed by atoms with van der Waals surface area (Å²) in [6, 6.07) is 13.7. The van der Waals surface area contributed by atoms with Crippen molar-refractivity contribution in [1.29, 1.82) is 0 Å². The third-order valence-electron chi connectivity index (χ3n) is 6.65. The van der Waals surface area contributed by atoms with Crippen molar-refractivity contribution < 1.29 is 0 Å². The average Bonchev–Trinajstić information content (AvgIpc) is 3.07. The van der Waals surface area contributed by atoms with Crippen molar-refractivity contribution in [2.75, 3.05) is 7.05 Å². The topological polar surface area (TPSA) is 8.17 Å². The number of rotatable bonds is 2. The number of hydrogen-bond donors (Lipinski definition) is 0. The van der Waals surface area contributed by atoms with Crippen LogP contribution in [-0.2, 0) is 6.42 Å². The van der Waals surface area contributed by atoms with Crippen LogP contribution >= 0.6 is 23.2 Å². The largest absolute Gasteiger partial charge is 0.320 e. The number of hydrogen-bond acceptors (Lipinski definition) is 1. The lowest BCUT2D eigenvalue weighted by molar-refractivity contribution is 0.223. The lowest BCUT2D eigenvalue weighted by Crippen LogP contribution is -2.34. The van der Waals surface area contributed by atoms with Gasteiger partial charge in [-0.15, -0.1) is 0 Å². The zero-order valence-corrected chi connectivity index (χ0v) is 18.0. The summed E-state index contributed by atoms with van der Waals surface area (Å²) in [5, 5.41) is 2.93. The summed E-state index contributed by atoms with van der Waals surface area (Å²) in [6.45, 7) is 4.24. The first-order chi connectivity index (χ1) is 13.4. The van der Waals surface area contributed by atoms with Crippen molar-refractivity contribution >= 4 is 45.9 Å². The summed E-state index contributed by atoms with van der Waals surface area (Å²) >= 11 is 12.6. The summed E-state index contributed by atoms with van der Waals surface area (Å²) in [7, 11) is 2.27. The second-order valence-corrected chi connectivity index (χ2v) is 9.13. The van der Waals surface area contributed by atoms with Crippen LogP contribution in [0.2, 0.25) is 10.0 Å². The maximum Gasteiger partial charge on any atom is 0.0529 e. The minimum absolute atomic E-state index is 0.502. The van der Waals surface area contributed by atoms with E-state index in [4.69, 9.17) is 23.2 Å². The van der Waals surface area contributed by atoms with Crippen LogP contribution in [0.15, 0.2) is 36.4 Å². The zero-order chi connectivity index (χ0) is 19.6. The van der Waals surface area contributed by atoms with Crippen LogP contribution in [0.25, 0.3) is 22.7 Å². The fourth-order valence-electron chi connectivity index (χ4n) is 5.08. The van der Waals surface area contributed by atoms with Crippen LogP contribution in [0.1, 0.15) is 48.2 Å². The van der Waals surface area contributed by atoms with Crippen molar-refractivity contribution in [2.24, 2.45) is 0 Å². The van der Waals surface area contributed by atoms with Gasteiger partial charge in [-0.1, -0.05) is 35.3 Å². The van der Waals surface area contributed by atoms with E-state index in [1.54, 1.807) is 0 Å². The van der Waals surface area contributed by atoms with Crippen molar-refractivity contribution in [2.45, 2.75) is 45.2 Å². The molecule has 2 unspecified atom stereocenters. The molecular formula is C24H24Cl2N2. The number of allylic oxidation sites excluding steroid dienone is 1. The quantitative estimate of drug-likeness (QED) is 0.442. The average molecular weight is 411 g/mol. The van der Waals surface area contributed by atoms with Crippen molar-refractivity contribution in [3.63, 3.8) is 0 Å². The number of likely N-dealkylation sites (N-methyl/N-ethyl adjacent to an activating group) is 1. The Balaban J connectivity index is 1.72. The Hall–Kier alpha value is -1.74. The first-order valence-electron chi connectivity index (χ1n) is 9.93. The predicted molar refractivity (Wildman–Crippen MR) is 120 cm³/mol. The van der Waals surface area contributed by atoms with E-state index in [1.807, 2.05) is 12.1 Å². The van der Waals surface area contributed by atoms with Gasteiger partial charge in [-0.05, 0) is 80.3 Å². The fraction of sp³-hybridized carbons (Fsp3) is 0.333. The molecule has 2 aromatic carbocycles. The van der Waals surface area contributed by atoms with E-state index in [1.165, 1.54) is 46.1 Å². The van der Waals surface area contributed by atoms with Gasteiger partial charge in [-0.3, -0.25) is 4.90 Å². The maximum atomic E-state index is 6.39. The van der Waals surface area contributed by atoms with Crippen LogP contribution in [0.4, 0.5) is 0 Å². The number of halogens is 2. The highest BCUT2D eigenvalue weighted by molar-refractivity contribution is 6.31. The highest BCUT2D eigenvalue weighted by Gasteiger charge is 2.40. The highest BCUT2D eigenvalue weighted by Crippen LogP contribution is 2.47. The van der Waals surface area contributed by atoms with Crippen molar-refractivity contribution in [3.8, 4) is 0 Å². The summed E-state index contributed by atoms with van der Waals surface area (Å²) in [4.78, 5) is 2.56. The van der Waals surface area contributed by atoms with Gasteiger partial charge in [0.1, 0.15) is 0 Å². The SMILES string of the molecule is C/C(=C\n1c2c(c3cc(Cl)ccc31)C1CCC(C2)N1C)c1ccc(Cl)c(C)c1.